The molecule has 7 nitrogen and oxygen atoms in total. The van der Waals surface area contributed by atoms with Crippen molar-refractivity contribution in [1.29, 1.82) is 0 Å². The molecule has 158 valence electrons. The lowest BCUT2D eigenvalue weighted by Crippen LogP contribution is -2.59. The van der Waals surface area contributed by atoms with E-state index in [-0.39, 0.29) is 51.1 Å². The third kappa shape index (κ3) is 4.40. The summed E-state index contributed by atoms with van der Waals surface area (Å²) in [6.45, 7) is -0.163. The molecule has 1 fully saturated rings. The number of alkyl halides is 2. The summed E-state index contributed by atoms with van der Waals surface area (Å²) in [7, 11) is 0. The van der Waals surface area contributed by atoms with Gasteiger partial charge in [-0.15, -0.1) is 5.10 Å². The molecule has 2 aromatic rings. The van der Waals surface area contributed by atoms with Crippen LogP contribution < -0.4 is 5.32 Å². The summed E-state index contributed by atoms with van der Waals surface area (Å²) >= 11 is 0. The van der Waals surface area contributed by atoms with E-state index in [2.05, 4.69) is 15.6 Å². The van der Waals surface area contributed by atoms with Crippen LogP contribution >= 0.6 is 0 Å². The first-order valence-electron chi connectivity index (χ1n) is 9.06. The molecule has 1 amide bonds. The Labute approximate surface area is 163 Å². The van der Waals surface area contributed by atoms with Gasteiger partial charge in [0.1, 0.15) is 11.3 Å². The maximum absolute atomic E-state index is 14.3. The van der Waals surface area contributed by atoms with E-state index in [9.17, 15) is 27.5 Å². The monoisotopic (exact) mass is 416 g/mol. The highest BCUT2D eigenvalue weighted by atomic mass is 19.3. The van der Waals surface area contributed by atoms with Crippen LogP contribution in [0, 0.1) is 11.6 Å². The number of halogens is 4. The molecule has 1 aliphatic rings. The SMILES string of the molecule is O=C(NCCCc1cn(-c2cccc(F)c2F)nn1)C(F)(F)C1(O)CCOCC1. The molecule has 0 unspecified atom stereocenters. The fourth-order valence-electron chi connectivity index (χ4n) is 3.02. The number of hydrogen-bond acceptors (Lipinski definition) is 5. The number of carbonyl (C=O) groups excluding carboxylic acids is 1. The maximum atomic E-state index is 14.3. The van der Waals surface area contributed by atoms with E-state index in [0.29, 0.717) is 5.69 Å². The van der Waals surface area contributed by atoms with Gasteiger partial charge in [-0.3, -0.25) is 4.79 Å². The van der Waals surface area contributed by atoms with Gasteiger partial charge in [0.15, 0.2) is 11.6 Å². The van der Waals surface area contributed by atoms with Crippen LogP contribution in [0.15, 0.2) is 24.4 Å². The van der Waals surface area contributed by atoms with E-state index >= 15 is 0 Å². The largest absolute Gasteiger partial charge is 0.383 e. The van der Waals surface area contributed by atoms with Crippen molar-refractivity contribution in [3.8, 4) is 5.69 Å². The summed E-state index contributed by atoms with van der Waals surface area (Å²) in [4.78, 5) is 11.9. The van der Waals surface area contributed by atoms with E-state index < -0.39 is 29.1 Å². The van der Waals surface area contributed by atoms with Gasteiger partial charge in [-0.1, -0.05) is 11.3 Å². The van der Waals surface area contributed by atoms with E-state index in [4.69, 9.17) is 4.74 Å². The van der Waals surface area contributed by atoms with E-state index in [1.165, 1.54) is 18.3 Å². The van der Waals surface area contributed by atoms with Crippen LogP contribution in [-0.2, 0) is 16.0 Å². The highest BCUT2D eigenvalue weighted by molar-refractivity contribution is 5.84. The molecule has 1 aliphatic heterocycles. The minimum atomic E-state index is -3.94. The van der Waals surface area contributed by atoms with Crippen molar-refractivity contribution in [2.75, 3.05) is 19.8 Å². The van der Waals surface area contributed by atoms with Crippen molar-refractivity contribution < 1.29 is 32.2 Å². The zero-order valence-corrected chi connectivity index (χ0v) is 15.4. The topological polar surface area (TPSA) is 89.3 Å². The zero-order chi connectivity index (χ0) is 21.1. The quantitative estimate of drug-likeness (QED) is 0.531. The van der Waals surface area contributed by atoms with Crippen molar-refractivity contribution in [3.05, 3.63) is 41.7 Å². The lowest BCUT2D eigenvalue weighted by atomic mass is 9.87. The van der Waals surface area contributed by atoms with Crippen molar-refractivity contribution in [2.24, 2.45) is 0 Å². The lowest BCUT2D eigenvalue weighted by molar-refractivity contribution is -0.213. The molecule has 2 heterocycles. The molecular weight excluding hydrogens is 396 g/mol. The normalized spacial score (nSPS) is 16.6. The van der Waals surface area contributed by atoms with Gasteiger partial charge in [0.25, 0.3) is 5.91 Å². The molecule has 3 rings (SSSR count). The van der Waals surface area contributed by atoms with Gasteiger partial charge < -0.3 is 15.2 Å². The molecule has 2 N–H and O–H groups in total. The predicted octanol–water partition coefficient (Wildman–Crippen LogP) is 1.77. The average Bonchev–Trinajstić information content (AvgIpc) is 3.16. The van der Waals surface area contributed by atoms with Crippen LogP contribution in [-0.4, -0.2) is 57.3 Å². The second-order valence-electron chi connectivity index (χ2n) is 6.81. The number of aliphatic hydroxyl groups is 1. The number of amides is 1. The summed E-state index contributed by atoms with van der Waals surface area (Å²) in [6.07, 6.45) is 1.26. The Morgan fingerprint density at radius 2 is 2.03 bits per heavy atom. The fourth-order valence-corrected chi connectivity index (χ4v) is 3.02. The minimum absolute atomic E-state index is 0.0407. The first-order chi connectivity index (χ1) is 13.7. The summed E-state index contributed by atoms with van der Waals surface area (Å²) < 4.78 is 61.7. The molecule has 0 atom stereocenters. The van der Waals surface area contributed by atoms with Crippen LogP contribution in [0.4, 0.5) is 17.6 Å². The lowest BCUT2D eigenvalue weighted by Gasteiger charge is -2.37. The van der Waals surface area contributed by atoms with Crippen molar-refractivity contribution in [2.45, 2.75) is 37.2 Å². The Bertz CT molecular complexity index is 869. The number of rotatable bonds is 7. The van der Waals surface area contributed by atoms with Gasteiger partial charge in [-0.2, -0.15) is 8.78 Å². The Morgan fingerprint density at radius 1 is 1.31 bits per heavy atom. The van der Waals surface area contributed by atoms with Gasteiger partial charge in [0.2, 0.25) is 0 Å². The first kappa shape index (κ1) is 21.2. The number of hydrogen-bond donors (Lipinski definition) is 2. The number of aryl methyl sites for hydroxylation is 1. The standard InChI is InChI=1S/C18H20F4N4O3/c19-13-4-1-5-14(15(13)20)26-11-12(24-25-26)3-2-8-23-16(27)18(21,22)17(28)6-9-29-10-7-17/h1,4-5,11,28H,2-3,6-10H2,(H,23,27). The summed E-state index contributed by atoms with van der Waals surface area (Å²) in [5, 5.41) is 19.7. The molecule has 29 heavy (non-hydrogen) atoms. The molecular formula is C18H20F4N4O3. The molecule has 1 aromatic carbocycles. The van der Waals surface area contributed by atoms with Crippen molar-refractivity contribution >= 4 is 5.91 Å². The minimum Gasteiger partial charge on any atom is -0.383 e. The van der Waals surface area contributed by atoms with Crippen molar-refractivity contribution in [1.82, 2.24) is 20.3 Å². The van der Waals surface area contributed by atoms with Crippen molar-refractivity contribution in [3.63, 3.8) is 0 Å². The zero-order valence-electron chi connectivity index (χ0n) is 15.4. The van der Waals surface area contributed by atoms with Gasteiger partial charge in [0.05, 0.1) is 11.9 Å². The average molecular weight is 416 g/mol. The Kier molecular flexibility index (Phi) is 6.18. The first-order valence-corrected chi connectivity index (χ1v) is 9.06. The molecule has 1 aromatic heterocycles. The Hall–Kier alpha value is -2.53. The highest BCUT2D eigenvalue weighted by Gasteiger charge is 2.58. The number of nitrogens with zero attached hydrogens (tertiary/aromatic N) is 3. The number of nitrogens with one attached hydrogen (secondary N) is 1. The molecule has 0 bridgehead atoms. The van der Waals surface area contributed by atoms with Crippen LogP contribution in [0.1, 0.15) is 25.0 Å². The third-order valence-corrected chi connectivity index (χ3v) is 4.80. The highest BCUT2D eigenvalue weighted by Crippen LogP contribution is 2.37. The number of aromatic nitrogens is 3. The number of ether oxygens (including phenoxy) is 1. The van der Waals surface area contributed by atoms with E-state index in [1.54, 1.807) is 0 Å². The molecule has 0 spiro atoms. The predicted molar refractivity (Wildman–Crippen MR) is 92.6 cm³/mol. The molecule has 11 heteroatoms. The molecule has 0 radical (unpaired) electrons. The molecule has 1 saturated heterocycles. The third-order valence-electron chi connectivity index (χ3n) is 4.80. The number of benzene rings is 1. The fraction of sp³-hybridized carbons (Fsp3) is 0.500. The van der Waals surface area contributed by atoms with Crippen LogP contribution in [0.5, 0.6) is 0 Å². The van der Waals surface area contributed by atoms with Gasteiger partial charge >= 0.3 is 5.92 Å². The molecule has 0 saturated carbocycles. The van der Waals surface area contributed by atoms with Crippen LogP contribution in [0.25, 0.3) is 5.69 Å². The summed E-state index contributed by atoms with van der Waals surface area (Å²) in [5.74, 6) is -7.57. The smallest absolute Gasteiger partial charge is 0.352 e. The summed E-state index contributed by atoms with van der Waals surface area (Å²) in [5.41, 5.74) is -2.12. The van der Waals surface area contributed by atoms with E-state index in [1.807, 2.05) is 0 Å². The number of carbonyl (C=O) groups is 1. The second kappa shape index (κ2) is 8.46. The van der Waals surface area contributed by atoms with Gasteiger partial charge in [0, 0.05) is 32.6 Å². The van der Waals surface area contributed by atoms with Gasteiger partial charge in [-0.05, 0) is 25.0 Å². The summed E-state index contributed by atoms with van der Waals surface area (Å²) in [6, 6.07) is 3.64. The van der Waals surface area contributed by atoms with Gasteiger partial charge in [-0.25, -0.2) is 13.5 Å². The second-order valence-corrected chi connectivity index (χ2v) is 6.81. The van der Waals surface area contributed by atoms with Crippen LogP contribution in [0.3, 0.4) is 0 Å². The Balaban J connectivity index is 1.51. The molecule has 0 aliphatic carbocycles. The maximum Gasteiger partial charge on any atom is 0.352 e. The van der Waals surface area contributed by atoms with Crippen LogP contribution in [0.2, 0.25) is 0 Å². The Morgan fingerprint density at radius 3 is 2.76 bits per heavy atom. The van der Waals surface area contributed by atoms with E-state index in [0.717, 1.165) is 10.7 Å².